The number of carbonyl (C=O) groups is 1. The van der Waals surface area contributed by atoms with Crippen LogP contribution in [0.15, 0.2) is 89.4 Å². The average molecular weight is 366 g/mol. The van der Waals surface area contributed by atoms with E-state index in [1.807, 2.05) is 54.6 Å². The summed E-state index contributed by atoms with van der Waals surface area (Å²) in [4.78, 5) is 17.9. The van der Waals surface area contributed by atoms with E-state index in [0.29, 0.717) is 28.8 Å². The second-order valence-electron chi connectivity index (χ2n) is 6.99. The van der Waals surface area contributed by atoms with Gasteiger partial charge in [0.2, 0.25) is 0 Å². The van der Waals surface area contributed by atoms with Crippen molar-refractivity contribution in [1.82, 2.24) is 0 Å². The number of aliphatic hydroxyl groups excluding tert-OH is 1. The summed E-state index contributed by atoms with van der Waals surface area (Å²) >= 11 is 0. The summed E-state index contributed by atoms with van der Waals surface area (Å²) in [6, 6.07) is 25.0. The van der Waals surface area contributed by atoms with Crippen LogP contribution in [-0.4, -0.2) is 16.6 Å². The first-order valence-electron chi connectivity index (χ1n) is 9.28. The number of ketones is 1. The number of Topliss-reactive ketones (excluding diaryl/α,β-unsaturated/α-hetero) is 1. The highest BCUT2D eigenvalue weighted by molar-refractivity contribution is 6.36. The second-order valence-corrected chi connectivity index (χ2v) is 6.99. The molecule has 5 rings (SSSR count). The quantitative estimate of drug-likeness (QED) is 0.631. The first-order valence-corrected chi connectivity index (χ1v) is 9.28. The Kier molecular flexibility index (Phi) is 3.83. The lowest BCUT2D eigenvalue weighted by molar-refractivity contribution is 0.104. The van der Waals surface area contributed by atoms with Crippen LogP contribution >= 0.6 is 0 Å². The molecule has 1 atom stereocenters. The van der Waals surface area contributed by atoms with E-state index in [4.69, 9.17) is 4.99 Å². The van der Waals surface area contributed by atoms with Crippen LogP contribution < -0.4 is 5.32 Å². The Hall–Kier alpha value is -3.66. The molecular weight excluding hydrogens is 348 g/mol. The molecular formula is C24H18N2O2. The van der Waals surface area contributed by atoms with Crippen LogP contribution in [0.3, 0.4) is 0 Å². The van der Waals surface area contributed by atoms with Crippen molar-refractivity contribution in [3.63, 3.8) is 0 Å². The van der Waals surface area contributed by atoms with E-state index in [-0.39, 0.29) is 17.6 Å². The molecule has 4 nitrogen and oxygen atoms in total. The molecule has 0 amide bonds. The Balaban J connectivity index is 1.65. The van der Waals surface area contributed by atoms with Crippen LogP contribution in [0.25, 0.3) is 5.76 Å². The van der Waals surface area contributed by atoms with E-state index >= 15 is 0 Å². The number of hydrogen-bond donors (Lipinski definition) is 2. The molecule has 28 heavy (non-hydrogen) atoms. The highest BCUT2D eigenvalue weighted by Crippen LogP contribution is 2.39. The van der Waals surface area contributed by atoms with Crippen LogP contribution in [0.1, 0.15) is 33.9 Å². The van der Waals surface area contributed by atoms with Gasteiger partial charge in [-0.3, -0.25) is 9.79 Å². The van der Waals surface area contributed by atoms with Gasteiger partial charge in [0.05, 0.1) is 28.7 Å². The lowest BCUT2D eigenvalue weighted by Gasteiger charge is -2.19. The Bertz CT molecular complexity index is 1150. The molecule has 0 fully saturated rings. The maximum atomic E-state index is 13.1. The third-order valence-corrected chi connectivity index (χ3v) is 5.27. The molecule has 4 heteroatoms. The molecule has 0 radical (unpaired) electrons. The number of hydrogen-bond acceptors (Lipinski definition) is 4. The number of aliphatic imine (C=N–C) groups is 1. The van der Waals surface area contributed by atoms with E-state index in [9.17, 15) is 9.90 Å². The van der Waals surface area contributed by atoms with Crippen molar-refractivity contribution in [3.8, 4) is 0 Å². The molecule has 0 saturated carbocycles. The predicted octanol–water partition coefficient (Wildman–Crippen LogP) is 5.48. The minimum atomic E-state index is -0.168. The van der Waals surface area contributed by atoms with Crippen molar-refractivity contribution < 1.29 is 9.90 Å². The topological polar surface area (TPSA) is 61.7 Å². The number of anilines is 1. The first kappa shape index (κ1) is 16.5. The summed E-state index contributed by atoms with van der Waals surface area (Å²) in [5.74, 6) is -0.149. The number of nitrogens with zero attached hydrogens (tertiary/aromatic N) is 1. The van der Waals surface area contributed by atoms with Crippen LogP contribution in [0.4, 0.5) is 11.4 Å². The molecule has 136 valence electrons. The highest BCUT2D eigenvalue weighted by Gasteiger charge is 2.34. The van der Waals surface area contributed by atoms with Gasteiger partial charge in [-0.25, -0.2) is 0 Å². The highest BCUT2D eigenvalue weighted by atomic mass is 16.3. The minimum absolute atomic E-state index is 0.0190. The maximum Gasteiger partial charge on any atom is 0.199 e. The van der Waals surface area contributed by atoms with E-state index in [2.05, 4.69) is 17.4 Å². The molecule has 0 spiro atoms. The molecule has 0 saturated heterocycles. The lowest BCUT2D eigenvalue weighted by atomic mass is 9.95. The van der Waals surface area contributed by atoms with Gasteiger partial charge in [0.15, 0.2) is 5.78 Å². The maximum absolute atomic E-state index is 13.1. The molecule has 1 aliphatic heterocycles. The van der Waals surface area contributed by atoms with Crippen molar-refractivity contribution in [2.75, 3.05) is 5.32 Å². The van der Waals surface area contributed by atoms with Gasteiger partial charge in [-0.1, -0.05) is 66.7 Å². The number of nitrogens with one attached hydrogen (secondary N) is 1. The van der Waals surface area contributed by atoms with Crippen LogP contribution in [0, 0.1) is 0 Å². The van der Waals surface area contributed by atoms with Gasteiger partial charge in [-0.05, 0) is 17.7 Å². The smallest absolute Gasteiger partial charge is 0.199 e. The average Bonchev–Trinajstić information content (AvgIpc) is 2.89. The van der Waals surface area contributed by atoms with Gasteiger partial charge in [0.1, 0.15) is 5.76 Å². The zero-order valence-corrected chi connectivity index (χ0v) is 15.1. The van der Waals surface area contributed by atoms with Crippen molar-refractivity contribution in [3.05, 3.63) is 101 Å². The van der Waals surface area contributed by atoms with Gasteiger partial charge in [-0.2, -0.15) is 0 Å². The van der Waals surface area contributed by atoms with Gasteiger partial charge in [0, 0.05) is 17.5 Å². The summed E-state index contributed by atoms with van der Waals surface area (Å²) in [6.07, 6.45) is 0.498. The SMILES string of the molecule is O=C1C(C2=Nc3ccccc3N[C@H](c3ccccc3)C2)=C(O)c2ccccc21. The fourth-order valence-electron chi connectivity index (χ4n) is 3.89. The molecule has 0 bridgehead atoms. The molecule has 1 heterocycles. The van der Waals surface area contributed by atoms with Crippen molar-refractivity contribution in [2.45, 2.75) is 12.5 Å². The number of benzene rings is 3. The fraction of sp³-hybridized carbons (Fsp3) is 0.0833. The summed E-state index contributed by atoms with van der Waals surface area (Å²) in [5, 5.41) is 14.4. The standard InChI is InChI=1S/C24H18N2O2/c27-23-16-10-4-5-11-17(16)24(28)22(23)21-14-20(15-8-2-1-3-9-15)25-18-12-6-7-13-19(18)26-21/h1-13,20,25,27H,14H2/t20-/m0/s1. The molecule has 0 unspecified atom stereocenters. The number of carbonyl (C=O) groups excluding carboxylic acids is 1. The van der Waals surface area contributed by atoms with Crippen LogP contribution in [0.5, 0.6) is 0 Å². The Labute approximate surface area is 162 Å². The fourth-order valence-corrected chi connectivity index (χ4v) is 3.89. The number of aliphatic hydroxyl groups is 1. The normalized spacial score (nSPS) is 18.1. The van der Waals surface area contributed by atoms with Crippen molar-refractivity contribution in [1.29, 1.82) is 0 Å². The molecule has 0 aromatic heterocycles. The van der Waals surface area contributed by atoms with E-state index in [1.54, 1.807) is 12.1 Å². The third kappa shape index (κ3) is 2.62. The Morgan fingerprint density at radius 2 is 1.54 bits per heavy atom. The summed E-state index contributed by atoms with van der Waals surface area (Å²) in [7, 11) is 0. The molecule has 2 aliphatic rings. The van der Waals surface area contributed by atoms with E-state index in [1.165, 1.54) is 0 Å². The van der Waals surface area contributed by atoms with Crippen molar-refractivity contribution in [2.24, 2.45) is 4.99 Å². The number of rotatable bonds is 2. The number of para-hydroxylation sites is 2. The largest absolute Gasteiger partial charge is 0.506 e. The first-order chi connectivity index (χ1) is 13.7. The van der Waals surface area contributed by atoms with E-state index in [0.717, 1.165) is 16.9 Å². The number of allylic oxidation sites excluding steroid dienone is 1. The Morgan fingerprint density at radius 1 is 0.857 bits per heavy atom. The third-order valence-electron chi connectivity index (χ3n) is 5.27. The summed E-state index contributed by atoms with van der Waals surface area (Å²) in [5.41, 5.74) is 4.79. The second kappa shape index (κ2) is 6.50. The molecule has 3 aromatic carbocycles. The van der Waals surface area contributed by atoms with Gasteiger partial charge >= 0.3 is 0 Å². The predicted molar refractivity (Wildman–Crippen MR) is 111 cm³/mol. The Morgan fingerprint density at radius 3 is 2.32 bits per heavy atom. The molecule has 1 aliphatic carbocycles. The zero-order chi connectivity index (χ0) is 19.1. The monoisotopic (exact) mass is 366 g/mol. The van der Waals surface area contributed by atoms with Gasteiger partial charge < -0.3 is 10.4 Å². The number of fused-ring (bicyclic) bond motifs is 2. The van der Waals surface area contributed by atoms with E-state index < -0.39 is 0 Å². The molecule has 2 N–H and O–H groups in total. The lowest BCUT2D eigenvalue weighted by Crippen LogP contribution is -2.17. The van der Waals surface area contributed by atoms with Gasteiger partial charge in [0.25, 0.3) is 0 Å². The molecule has 3 aromatic rings. The minimum Gasteiger partial charge on any atom is -0.506 e. The van der Waals surface area contributed by atoms with Crippen molar-refractivity contribution >= 4 is 28.6 Å². The van der Waals surface area contributed by atoms with Crippen LogP contribution in [-0.2, 0) is 0 Å². The van der Waals surface area contributed by atoms with Gasteiger partial charge in [-0.15, -0.1) is 0 Å². The summed E-state index contributed by atoms with van der Waals surface area (Å²) in [6.45, 7) is 0. The van der Waals surface area contributed by atoms with Crippen LogP contribution in [0.2, 0.25) is 0 Å². The summed E-state index contributed by atoms with van der Waals surface area (Å²) < 4.78 is 0. The zero-order valence-electron chi connectivity index (χ0n) is 15.1.